The molecule has 1 N–H and O–H groups in total. The van der Waals surface area contributed by atoms with Gasteiger partial charge in [0.1, 0.15) is 22.1 Å². The number of nitrogens with one attached hydrogen (secondary N) is 1. The number of pyridine rings is 1. The summed E-state index contributed by atoms with van der Waals surface area (Å²) in [6.45, 7) is 1.68. The minimum Gasteiger partial charge on any atom is -0.618 e. The number of aromatic amines is 1. The molecule has 0 saturated heterocycles. The van der Waals surface area contributed by atoms with Gasteiger partial charge in [-0.05, 0) is 37.3 Å². The van der Waals surface area contributed by atoms with E-state index in [1.165, 1.54) is 35.3 Å². The van der Waals surface area contributed by atoms with Crippen LogP contribution in [0.5, 0.6) is 0 Å². The summed E-state index contributed by atoms with van der Waals surface area (Å²) in [6.07, 6.45) is 4.19. The second-order valence-electron chi connectivity index (χ2n) is 8.09. The second-order valence-corrected chi connectivity index (χ2v) is 8.52. The standard InChI is InChI=1S/C23H16ClFN8O2/c1-13(21-5-3-15(24)12-30(21)34)33-22(6-7-31(33)35)17-9-23-20(10-18(17)25)28-29-32(23)16-4-2-14-11-26-27-19(14)8-16/h2-13H,1H3,(H,26,27). The van der Waals surface area contributed by atoms with E-state index in [1.807, 2.05) is 18.2 Å². The highest BCUT2D eigenvalue weighted by atomic mass is 35.5. The first-order valence-corrected chi connectivity index (χ1v) is 11.0. The quantitative estimate of drug-likeness (QED) is 0.300. The number of benzene rings is 2. The largest absolute Gasteiger partial charge is 0.618 e. The van der Waals surface area contributed by atoms with Gasteiger partial charge in [-0.15, -0.1) is 9.78 Å². The molecule has 0 amide bonds. The third-order valence-electron chi connectivity index (χ3n) is 6.00. The maximum atomic E-state index is 15.3. The monoisotopic (exact) mass is 490 g/mol. The van der Waals surface area contributed by atoms with Crippen molar-refractivity contribution in [2.75, 3.05) is 0 Å². The Morgan fingerprint density at radius 3 is 2.80 bits per heavy atom. The van der Waals surface area contributed by atoms with Crippen LogP contribution < -0.4 is 9.58 Å². The number of nitrogens with zero attached hydrogens (tertiary/aromatic N) is 7. The molecule has 0 bridgehead atoms. The molecule has 2 aromatic carbocycles. The van der Waals surface area contributed by atoms with Gasteiger partial charge < -0.3 is 10.4 Å². The zero-order valence-corrected chi connectivity index (χ0v) is 18.9. The summed E-state index contributed by atoms with van der Waals surface area (Å²) in [7, 11) is 0. The highest BCUT2D eigenvalue weighted by molar-refractivity contribution is 6.30. The summed E-state index contributed by atoms with van der Waals surface area (Å²) < 4.78 is 18.8. The van der Waals surface area contributed by atoms with E-state index in [0.717, 1.165) is 10.9 Å². The van der Waals surface area contributed by atoms with Gasteiger partial charge in [-0.25, -0.2) is 9.07 Å². The van der Waals surface area contributed by atoms with Crippen molar-refractivity contribution in [2.24, 2.45) is 0 Å². The smallest absolute Gasteiger partial charge is 0.221 e. The fraction of sp³-hybridized carbons (Fsp3) is 0.0870. The fourth-order valence-electron chi connectivity index (χ4n) is 4.28. The van der Waals surface area contributed by atoms with Crippen LogP contribution in [-0.4, -0.2) is 29.9 Å². The molecule has 1 atom stereocenters. The van der Waals surface area contributed by atoms with E-state index in [2.05, 4.69) is 20.5 Å². The van der Waals surface area contributed by atoms with E-state index in [4.69, 9.17) is 11.6 Å². The van der Waals surface area contributed by atoms with E-state index in [0.29, 0.717) is 32.0 Å². The van der Waals surface area contributed by atoms with Crippen LogP contribution in [0.25, 0.3) is 38.9 Å². The van der Waals surface area contributed by atoms with E-state index < -0.39 is 11.9 Å². The Hall–Kier alpha value is -4.51. The molecule has 0 fully saturated rings. The molecule has 10 nitrogen and oxygen atoms in total. The van der Waals surface area contributed by atoms with Gasteiger partial charge in [-0.1, -0.05) is 21.7 Å². The molecule has 6 aromatic rings. The minimum atomic E-state index is -0.715. The van der Waals surface area contributed by atoms with Crippen molar-refractivity contribution in [1.82, 2.24) is 29.9 Å². The first kappa shape index (κ1) is 21.1. The lowest BCUT2D eigenvalue weighted by molar-refractivity contribution is -0.700. The van der Waals surface area contributed by atoms with E-state index in [1.54, 1.807) is 29.9 Å². The first-order chi connectivity index (χ1) is 16.9. The summed E-state index contributed by atoms with van der Waals surface area (Å²) in [5, 5.41) is 41.6. The van der Waals surface area contributed by atoms with Crippen LogP contribution in [-0.2, 0) is 0 Å². The van der Waals surface area contributed by atoms with Crippen molar-refractivity contribution in [2.45, 2.75) is 13.0 Å². The topological polar surface area (TPSA) is 118 Å². The van der Waals surface area contributed by atoms with Crippen LogP contribution in [0.2, 0.25) is 5.02 Å². The van der Waals surface area contributed by atoms with E-state index in [9.17, 15) is 10.4 Å². The average Bonchev–Trinajstić information content (AvgIpc) is 3.55. The van der Waals surface area contributed by atoms with Gasteiger partial charge in [0.25, 0.3) is 0 Å². The zero-order valence-electron chi connectivity index (χ0n) is 18.1. The summed E-state index contributed by atoms with van der Waals surface area (Å²) in [5.41, 5.74) is 3.15. The average molecular weight is 491 g/mol. The maximum absolute atomic E-state index is 15.3. The van der Waals surface area contributed by atoms with Crippen molar-refractivity contribution in [3.8, 4) is 16.9 Å². The van der Waals surface area contributed by atoms with Crippen LogP contribution in [0.4, 0.5) is 4.39 Å². The maximum Gasteiger partial charge on any atom is 0.221 e. The Morgan fingerprint density at radius 1 is 1.11 bits per heavy atom. The van der Waals surface area contributed by atoms with Crippen molar-refractivity contribution in [3.63, 3.8) is 0 Å². The van der Waals surface area contributed by atoms with Crippen LogP contribution in [0, 0.1) is 16.2 Å². The van der Waals surface area contributed by atoms with Crippen molar-refractivity contribution in [1.29, 1.82) is 0 Å². The summed E-state index contributed by atoms with van der Waals surface area (Å²) in [4.78, 5) is 0.569. The van der Waals surface area contributed by atoms with Gasteiger partial charge in [0.15, 0.2) is 12.2 Å². The van der Waals surface area contributed by atoms with Gasteiger partial charge in [0.05, 0.1) is 22.9 Å². The molecule has 35 heavy (non-hydrogen) atoms. The van der Waals surface area contributed by atoms with Gasteiger partial charge in [0.2, 0.25) is 11.9 Å². The summed E-state index contributed by atoms with van der Waals surface area (Å²) in [5.74, 6) is -0.577. The van der Waals surface area contributed by atoms with Crippen molar-refractivity contribution < 1.29 is 14.0 Å². The molecule has 0 spiro atoms. The molecule has 0 radical (unpaired) electrons. The van der Waals surface area contributed by atoms with E-state index in [-0.39, 0.29) is 16.3 Å². The lowest BCUT2D eigenvalue weighted by atomic mass is 10.1. The molecule has 0 aliphatic carbocycles. The van der Waals surface area contributed by atoms with Crippen LogP contribution in [0.1, 0.15) is 18.7 Å². The van der Waals surface area contributed by atoms with Gasteiger partial charge in [0, 0.05) is 29.1 Å². The molecule has 0 aliphatic heterocycles. The van der Waals surface area contributed by atoms with Crippen LogP contribution >= 0.6 is 11.6 Å². The molecular weight excluding hydrogens is 475 g/mol. The molecular formula is C23H16ClFN8O2. The highest BCUT2D eigenvalue weighted by Crippen LogP contribution is 2.30. The molecule has 174 valence electrons. The molecule has 0 aliphatic rings. The fourth-order valence-corrected chi connectivity index (χ4v) is 4.44. The van der Waals surface area contributed by atoms with Crippen molar-refractivity contribution >= 4 is 33.5 Å². The molecule has 1 unspecified atom stereocenters. The lowest BCUT2D eigenvalue weighted by Gasteiger charge is -2.15. The number of hydrogen-bond donors (Lipinski definition) is 1. The predicted octanol–water partition coefficient (Wildman–Crippen LogP) is 3.43. The molecule has 12 heteroatoms. The normalized spacial score (nSPS) is 12.5. The molecule has 4 heterocycles. The Morgan fingerprint density at radius 2 is 1.97 bits per heavy atom. The lowest BCUT2D eigenvalue weighted by Crippen LogP contribution is -2.43. The Bertz CT molecular complexity index is 1740. The minimum absolute atomic E-state index is 0.163. The summed E-state index contributed by atoms with van der Waals surface area (Å²) in [6, 6.07) is 12.4. The molecule has 4 aromatic heterocycles. The third kappa shape index (κ3) is 3.36. The van der Waals surface area contributed by atoms with Crippen LogP contribution in [0.15, 0.2) is 67.1 Å². The molecule has 6 rings (SSSR count). The Labute approximate surface area is 201 Å². The van der Waals surface area contributed by atoms with Gasteiger partial charge >= 0.3 is 0 Å². The van der Waals surface area contributed by atoms with Gasteiger partial charge in [-0.3, -0.25) is 5.10 Å². The second kappa shape index (κ2) is 7.77. The number of halogens is 2. The van der Waals surface area contributed by atoms with E-state index >= 15 is 4.39 Å². The SMILES string of the molecule is CC(c1ccc(Cl)c[n+]1[O-])n1c(-c2cc3c(cc2F)nnn3-c2ccc3cn[nH]c3c2)cc[n+]1[O-]. The van der Waals surface area contributed by atoms with Crippen molar-refractivity contribution in [3.05, 3.63) is 94.1 Å². The number of hydrogen-bond acceptors (Lipinski definition) is 5. The third-order valence-corrected chi connectivity index (χ3v) is 6.23. The first-order valence-electron chi connectivity index (χ1n) is 10.6. The zero-order chi connectivity index (χ0) is 24.3. The summed E-state index contributed by atoms with van der Waals surface area (Å²) >= 11 is 5.90. The Kier molecular flexibility index (Phi) is 4.68. The number of fused-ring (bicyclic) bond motifs is 2. The predicted molar refractivity (Wildman–Crippen MR) is 125 cm³/mol. The van der Waals surface area contributed by atoms with Gasteiger partial charge in [-0.2, -0.15) is 9.83 Å². The number of rotatable bonds is 4. The highest BCUT2D eigenvalue weighted by Gasteiger charge is 2.28. The molecule has 0 saturated carbocycles. The number of aromatic nitrogens is 8. The Balaban J connectivity index is 1.51. The van der Waals surface area contributed by atoms with Crippen LogP contribution in [0.3, 0.4) is 0 Å². The number of H-pyrrole nitrogens is 1.